The third kappa shape index (κ3) is 8.55. The van der Waals surface area contributed by atoms with Crippen LogP contribution in [0.4, 0.5) is 5.69 Å². The molecule has 0 saturated heterocycles. The van der Waals surface area contributed by atoms with E-state index in [0.29, 0.717) is 5.69 Å². The predicted molar refractivity (Wildman–Crippen MR) is 252 cm³/mol. The van der Waals surface area contributed by atoms with Crippen LogP contribution in [0.2, 0.25) is 0 Å². The summed E-state index contributed by atoms with van der Waals surface area (Å²) < 4.78 is 0. The SMILES string of the molecule is [C-]#[N+]c1cc[c-]c(-c2ccc(-c3ccccc3-c3cc(-c4ccccc4-c4ccc(-c5[c-]cccc5)nc4)cc(-c4ccccc4-c4ccc(-c5[c-]cccc5)nc4)c3)cn2)c1.[Ir+3]. The fourth-order valence-corrected chi connectivity index (χ4v) is 7.97. The van der Waals surface area contributed by atoms with E-state index in [1.807, 2.05) is 79.3 Å². The summed E-state index contributed by atoms with van der Waals surface area (Å²) in [4.78, 5) is 18.2. The summed E-state index contributed by atoms with van der Waals surface area (Å²) in [5.74, 6) is 0. The number of benzene rings is 7. The van der Waals surface area contributed by atoms with Gasteiger partial charge in [-0.05, 0) is 102 Å². The van der Waals surface area contributed by atoms with Crippen LogP contribution in [0.3, 0.4) is 0 Å². The van der Waals surface area contributed by atoms with Crippen molar-refractivity contribution in [1.82, 2.24) is 15.0 Å². The van der Waals surface area contributed by atoms with E-state index in [0.717, 1.165) is 101 Å². The maximum absolute atomic E-state index is 7.46. The Morgan fingerprint density at radius 2 is 0.683 bits per heavy atom. The van der Waals surface area contributed by atoms with Crippen molar-refractivity contribution < 1.29 is 20.1 Å². The van der Waals surface area contributed by atoms with Crippen LogP contribution in [0.25, 0.3) is 105 Å². The molecule has 0 saturated carbocycles. The van der Waals surface area contributed by atoms with Crippen LogP contribution >= 0.6 is 0 Å². The first kappa shape index (κ1) is 40.5. The van der Waals surface area contributed by atoms with Gasteiger partial charge >= 0.3 is 20.1 Å². The van der Waals surface area contributed by atoms with Crippen molar-refractivity contribution in [2.75, 3.05) is 0 Å². The van der Waals surface area contributed by atoms with Crippen LogP contribution in [-0.2, 0) is 20.1 Å². The van der Waals surface area contributed by atoms with Crippen LogP contribution in [0.15, 0.2) is 213 Å². The van der Waals surface area contributed by atoms with Crippen molar-refractivity contribution >= 4 is 5.69 Å². The van der Waals surface area contributed by atoms with Gasteiger partial charge in [-0.3, -0.25) is 4.85 Å². The Kier molecular flexibility index (Phi) is 11.8. The summed E-state index contributed by atoms with van der Waals surface area (Å²) in [6.07, 6.45) is 5.83. The minimum atomic E-state index is 0. The van der Waals surface area contributed by atoms with Crippen molar-refractivity contribution in [3.05, 3.63) is 242 Å². The quantitative estimate of drug-likeness (QED) is 0.135. The van der Waals surface area contributed by atoms with Crippen molar-refractivity contribution in [3.63, 3.8) is 0 Å². The van der Waals surface area contributed by atoms with E-state index in [-0.39, 0.29) is 20.1 Å². The van der Waals surface area contributed by atoms with E-state index in [4.69, 9.17) is 21.5 Å². The fourth-order valence-electron chi connectivity index (χ4n) is 7.97. The van der Waals surface area contributed by atoms with Crippen LogP contribution in [0.5, 0.6) is 0 Å². The van der Waals surface area contributed by atoms with E-state index >= 15 is 0 Å². The van der Waals surface area contributed by atoms with Crippen LogP contribution in [0.1, 0.15) is 0 Å². The zero-order chi connectivity index (χ0) is 41.7. The van der Waals surface area contributed by atoms with Gasteiger partial charge in [0.05, 0.1) is 6.57 Å². The number of aromatic nitrogens is 3. The molecule has 296 valence electrons. The number of nitrogens with zero attached hydrogens (tertiary/aromatic N) is 4. The summed E-state index contributed by atoms with van der Waals surface area (Å²) in [6.45, 7) is 7.46. The Labute approximate surface area is 381 Å². The Hall–Kier alpha value is -7.87. The van der Waals surface area contributed by atoms with Gasteiger partial charge in [-0.1, -0.05) is 109 Å². The van der Waals surface area contributed by atoms with Crippen molar-refractivity contribution in [3.8, 4) is 101 Å². The summed E-state index contributed by atoms with van der Waals surface area (Å²) in [5.41, 5.74) is 18.6. The minimum absolute atomic E-state index is 0. The zero-order valence-electron chi connectivity index (χ0n) is 33.8. The van der Waals surface area contributed by atoms with Crippen LogP contribution in [-0.4, -0.2) is 15.0 Å². The van der Waals surface area contributed by atoms with Gasteiger partial charge in [-0.25, -0.2) is 0 Å². The van der Waals surface area contributed by atoms with Crippen molar-refractivity contribution in [1.29, 1.82) is 0 Å². The van der Waals surface area contributed by atoms with Crippen LogP contribution < -0.4 is 0 Å². The molecule has 10 rings (SSSR count). The molecule has 4 nitrogen and oxygen atoms in total. The van der Waals surface area contributed by atoms with Crippen molar-refractivity contribution in [2.24, 2.45) is 0 Å². The van der Waals surface area contributed by atoms with E-state index in [1.165, 1.54) is 0 Å². The molecule has 3 aromatic heterocycles. The zero-order valence-corrected chi connectivity index (χ0v) is 36.2. The monoisotopic (exact) mass is 980 g/mol. The molecule has 3 heterocycles. The molecule has 0 spiro atoms. The Bertz CT molecular complexity index is 3070. The first-order valence-electron chi connectivity index (χ1n) is 20.3. The second-order valence-electron chi connectivity index (χ2n) is 14.9. The molecule has 63 heavy (non-hydrogen) atoms. The van der Waals surface area contributed by atoms with Crippen LogP contribution in [0, 0.1) is 24.8 Å². The Morgan fingerprint density at radius 3 is 1.02 bits per heavy atom. The molecule has 0 N–H and O–H groups in total. The molecule has 0 aliphatic rings. The summed E-state index contributed by atoms with van der Waals surface area (Å²) in [7, 11) is 0. The minimum Gasteiger partial charge on any atom is -0.304 e. The van der Waals surface area contributed by atoms with E-state index in [2.05, 4.69) is 144 Å². The molecule has 0 radical (unpaired) electrons. The third-order valence-corrected chi connectivity index (χ3v) is 11.0. The molecule has 0 atom stereocenters. The third-order valence-electron chi connectivity index (χ3n) is 11.0. The molecule has 0 aliphatic carbocycles. The second-order valence-corrected chi connectivity index (χ2v) is 14.9. The molecule has 5 heteroatoms. The topological polar surface area (TPSA) is 43.0 Å². The maximum Gasteiger partial charge on any atom is 3.00 e. The van der Waals surface area contributed by atoms with Gasteiger partial charge in [0.25, 0.3) is 0 Å². The number of hydrogen-bond donors (Lipinski definition) is 0. The summed E-state index contributed by atoms with van der Waals surface area (Å²) in [6, 6.07) is 76.1. The summed E-state index contributed by atoms with van der Waals surface area (Å²) in [5, 5.41) is 0. The van der Waals surface area contributed by atoms with E-state index < -0.39 is 0 Å². The molecule has 0 aliphatic heterocycles. The van der Waals surface area contributed by atoms with Gasteiger partial charge in [0.15, 0.2) is 0 Å². The van der Waals surface area contributed by atoms with Gasteiger partial charge in [0.2, 0.25) is 0 Å². The number of rotatable bonds is 9. The van der Waals surface area contributed by atoms with E-state index in [1.54, 1.807) is 12.1 Å². The fraction of sp³-hybridized carbons (Fsp3) is 0. The largest absolute Gasteiger partial charge is 3.00 e. The van der Waals surface area contributed by atoms with Gasteiger partial charge < -0.3 is 15.0 Å². The molecule has 0 unspecified atom stereocenters. The van der Waals surface area contributed by atoms with Gasteiger partial charge in [-0.2, -0.15) is 6.07 Å². The molecule has 0 bridgehead atoms. The molecule has 0 amide bonds. The van der Waals surface area contributed by atoms with Gasteiger partial charge in [0.1, 0.15) is 5.69 Å². The smallest absolute Gasteiger partial charge is 0.304 e. The molecular weight excluding hydrogens is 945 g/mol. The molecule has 10 aromatic rings. The number of pyridine rings is 3. The van der Waals surface area contributed by atoms with E-state index in [9.17, 15) is 0 Å². The Balaban J connectivity index is 0.00000504. The molecule has 0 fully saturated rings. The van der Waals surface area contributed by atoms with Gasteiger partial charge in [-0.15, -0.1) is 95.6 Å². The average molecular weight is 980 g/mol. The first-order chi connectivity index (χ1) is 30.7. The standard InChI is InChI=1S/C58H35N4.Ir/c1-59-49-20-14-19-42(36-49)58-32-29-45(39-62-58)52-23-10-13-26-55(52)48-34-46(53-24-11-8-21-50(53)43-27-30-56(60-37-43)40-15-4-2-5-16-40)33-47(35-48)54-25-12-9-22-51(54)44-28-31-57(61-38-44)41-17-6-3-7-18-41;/h2-15,17,20-39H;/q-3;+3. The van der Waals surface area contributed by atoms with Crippen molar-refractivity contribution in [2.45, 2.75) is 0 Å². The molecular formula is C58H35IrN4. The normalized spacial score (nSPS) is 10.7. The predicted octanol–water partition coefficient (Wildman–Crippen LogP) is 14.8. The molecule has 7 aromatic carbocycles. The second kappa shape index (κ2) is 18.4. The first-order valence-corrected chi connectivity index (χ1v) is 20.3. The van der Waals surface area contributed by atoms with Gasteiger partial charge in [0, 0.05) is 18.6 Å². The summed E-state index contributed by atoms with van der Waals surface area (Å²) >= 11 is 0. The maximum atomic E-state index is 7.46. The number of hydrogen-bond acceptors (Lipinski definition) is 3. The Morgan fingerprint density at radius 1 is 0.333 bits per heavy atom. The average Bonchev–Trinajstić information content (AvgIpc) is 3.37.